The van der Waals surface area contributed by atoms with E-state index in [9.17, 15) is 13.2 Å². The Kier molecular flexibility index (Phi) is 5.78. The summed E-state index contributed by atoms with van der Waals surface area (Å²) in [7, 11) is -0.360. The zero-order valence-corrected chi connectivity index (χ0v) is 14.8. The normalized spacial score (nSPS) is 16.8. The van der Waals surface area contributed by atoms with Gasteiger partial charge in [0.25, 0.3) is 16.1 Å². The zero-order chi connectivity index (χ0) is 17.0. The van der Waals surface area contributed by atoms with Crippen LogP contribution in [0.25, 0.3) is 0 Å². The van der Waals surface area contributed by atoms with Crippen LogP contribution < -0.4 is 0 Å². The Morgan fingerprint density at radius 1 is 1.09 bits per heavy atom. The monoisotopic (exact) mass is 339 g/mol. The van der Waals surface area contributed by atoms with E-state index in [0.717, 1.165) is 12.8 Å². The molecule has 1 saturated heterocycles. The number of amides is 1. The van der Waals surface area contributed by atoms with Crippen molar-refractivity contribution < 1.29 is 13.2 Å². The van der Waals surface area contributed by atoms with Crippen LogP contribution >= 0.6 is 0 Å². The van der Waals surface area contributed by atoms with Gasteiger partial charge in [-0.15, -0.1) is 0 Å². The van der Waals surface area contributed by atoms with Crippen LogP contribution in [0.1, 0.15) is 29.3 Å². The van der Waals surface area contributed by atoms with E-state index in [-0.39, 0.29) is 5.91 Å². The van der Waals surface area contributed by atoms with Crippen molar-refractivity contribution in [1.82, 2.24) is 13.5 Å². The van der Waals surface area contributed by atoms with E-state index in [0.29, 0.717) is 31.7 Å². The number of rotatable bonds is 5. The Balaban J connectivity index is 1.98. The third-order valence-corrected chi connectivity index (χ3v) is 5.99. The van der Waals surface area contributed by atoms with E-state index < -0.39 is 10.2 Å². The molecular weight excluding hydrogens is 314 g/mol. The smallest absolute Gasteiger partial charge is 0.281 e. The number of nitrogens with zero attached hydrogens (tertiary/aromatic N) is 3. The maximum absolute atomic E-state index is 12.5. The van der Waals surface area contributed by atoms with Crippen molar-refractivity contribution in [3.8, 4) is 0 Å². The summed E-state index contributed by atoms with van der Waals surface area (Å²) in [5, 5.41) is 0. The van der Waals surface area contributed by atoms with Crippen molar-refractivity contribution in [1.29, 1.82) is 0 Å². The Bertz CT molecular complexity index is 633. The van der Waals surface area contributed by atoms with Crippen LogP contribution in [0.4, 0.5) is 0 Å². The van der Waals surface area contributed by atoms with E-state index in [1.165, 1.54) is 28.3 Å². The highest BCUT2D eigenvalue weighted by molar-refractivity contribution is 7.86. The average Bonchev–Trinajstić information content (AvgIpc) is 2.55. The third-order valence-electron chi connectivity index (χ3n) is 4.05. The van der Waals surface area contributed by atoms with Crippen molar-refractivity contribution in [3.63, 3.8) is 0 Å². The van der Waals surface area contributed by atoms with Crippen LogP contribution in [0, 0.1) is 0 Å². The first kappa shape index (κ1) is 17.9. The van der Waals surface area contributed by atoms with E-state index in [4.69, 9.17) is 0 Å². The lowest BCUT2D eigenvalue weighted by atomic mass is 10.1. The molecule has 1 amide bonds. The summed E-state index contributed by atoms with van der Waals surface area (Å²) in [5.74, 6) is -0.0325. The molecule has 0 bridgehead atoms. The van der Waals surface area contributed by atoms with Gasteiger partial charge in [-0.05, 0) is 24.1 Å². The highest BCUT2D eigenvalue weighted by Gasteiger charge is 2.30. The minimum atomic E-state index is -3.40. The Hall–Kier alpha value is -1.44. The molecule has 128 valence electrons. The summed E-state index contributed by atoms with van der Waals surface area (Å²) in [4.78, 5) is 14.2. The molecule has 0 atom stereocenters. The lowest BCUT2D eigenvalue weighted by Gasteiger charge is -2.35. The topological polar surface area (TPSA) is 60.9 Å². The summed E-state index contributed by atoms with van der Waals surface area (Å²) in [6.07, 6.45) is 2.09. The number of hydrogen-bond donors (Lipinski definition) is 0. The summed E-state index contributed by atoms with van der Waals surface area (Å²) in [6.45, 7) is 3.63. The van der Waals surface area contributed by atoms with E-state index in [2.05, 4.69) is 6.92 Å². The first-order chi connectivity index (χ1) is 10.9. The largest absolute Gasteiger partial charge is 0.336 e. The molecule has 0 aliphatic carbocycles. The fourth-order valence-electron chi connectivity index (χ4n) is 2.64. The molecule has 23 heavy (non-hydrogen) atoms. The first-order valence-corrected chi connectivity index (χ1v) is 9.31. The summed E-state index contributed by atoms with van der Waals surface area (Å²) in [5.41, 5.74) is 1.89. The Labute approximate surface area is 138 Å². The standard InChI is InChI=1S/C16H25N3O3S/c1-4-5-14-6-8-15(9-7-14)16(20)18-10-12-19(13-11-18)23(21,22)17(2)3/h6-9H,4-5,10-13H2,1-3H3. The van der Waals surface area contributed by atoms with Gasteiger partial charge in [0.1, 0.15) is 0 Å². The second kappa shape index (κ2) is 7.42. The van der Waals surface area contributed by atoms with Gasteiger partial charge in [0.15, 0.2) is 0 Å². The van der Waals surface area contributed by atoms with Gasteiger partial charge in [-0.25, -0.2) is 0 Å². The summed E-state index contributed by atoms with van der Waals surface area (Å²) in [6, 6.07) is 7.69. The fourth-order valence-corrected chi connectivity index (χ4v) is 3.72. The van der Waals surface area contributed by atoms with Crippen molar-refractivity contribution in [3.05, 3.63) is 35.4 Å². The maximum Gasteiger partial charge on any atom is 0.281 e. The molecule has 6 nitrogen and oxygen atoms in total. The molecule has 0 aromatic heterocycles. The number of carbonyl (C=O) groups excluding carboxylic acids is 1. The second-order valence-corrected chi connectivity index (χ2v) is 8.07. The van der Waals surface area contributed by atoms with Crippen LogP contribution in [-0.2, 0) is 16.6 Å². The molecule has 1 heterocycles. The molecule has 0 N–H and O–H groups in total. The predicted molar refractivity (Wildman–Crippen MR) is 90.5 cm³/mol. The molecule has 0 radical (unpaired) electrons. The number of carbonyl (C=O) groups is 1. The zero-order valence-electron chi connectivity index (χ0n) is 14.0. The van der Waals surface area contributed by atoms with Crippen molar-refractivity contribution in [2.24, 2.45) is 0 Å². The maximum atomic E-state index is 12.5. The van der Waals surface area contributed by atoms with E-state index >= 15 is 0 Å². The van der Waals surface area contributed by atoms with Gasteiger partial charge in [-0.2, -0.15) is 17.0 Å². The molecule has 1 fully saturated rings. The number of benzene rings is 1. The SMILES string of the molecule is CCCc1ccc(C(=O)N2CCN(S(=O)(=O)N(C)C)CC2)cc1. The molecule has 0 spiro atoms. The minimum Gasteiger partial charge on any atom is -0.336 e. The van der Waals surface area contributed by atoms with Crippen molar-refractivity contribution in [2.75, 3.05) is 40.3 Å². The van der Waals surface area contributed by atoms with Gasteiger partial charge in [0.2, 0.25) is 0 Å². The van der Waals surface area contributed by atoms with E-state index in [1.54, 1.807) is 4.90 Å². The molecule has 1 aromatic carbocycles. The predicted octanol–water partition coefficient (Wildman–Crippen LogP) is 1.20. The first-order valence-electron chi connectivity index (χ1n) is 7.92. The highest BCUT2D eigenvalue weighted by Crippen LogP contribution is 2.14. The summed E-state index contributed by atoms with van der Waals surface area (Å²) < 4.78 is 26.8. The summed E-state index contributed by atoms with van der Waals surface area (Å²) >= 11 is 0. The van der Waals surface area contributed by atoms with E-state index in [1.807, 2.05) is 24.3 Å². The van der Waals surface area contributed by atoms with Gasteiger partial charge >= 0.3 is 0 Å². The van der Waals surface area contributed by atoms with Crippen LogP contribution in [0.3, 0.4) is 0 Å². The number of piperazine rings is 1. The van der Waals surface area contributed by atoms with Crippen molar-refractivity contribution >= 4 is 16.1 Å². The van der Waals surface area contributed by atoms with Crippen LogP contribution in [0.15, 0.2) is 24.3 Å². The highest BCUT2D eigenvalue weighted by atomic mass is 32.2. The second-order valence-electron chi connectivity index (χ2n) is 5.93. The number of aryl methyl sites for hydroxylation is 1. The fraction of sp³-hybridized carbons (Fsp3) is 0.562. The Morgan fingerprint density at radius 2 is 1.65 bits per heavy atom. The van der Waals surface area contributed by atoms with Gasteiger partial charge in [0, 0.05) is 45.8 Å². The quantitative estimate of drug-likeness (QED) is 0.810. The van der Waals surface area contributed by atoms with Crippen molar-refractivity contribution in [2.45, 2.75) is 19.8 Å². The van der Waals surface area contributed by atoms with Crippen LogP contribution in [-0.4, -0.2) is 68.1 Å². The minimum absolute atomic E-state index is 0.0325. The molecule has 1 aliphatic heterocycles. The lowest BCUT2D eigenvalue weighted by molar-refractivity contribution is 0.0695. The van der Waals surface area contributed by atoms with Crippen LogP contribution in [0.2, 0.25) is 0 Å². The van der Waals surface area contributed by atoms with Crippen LogP contribution in [0.5, 0.6) is 0 Å². The molecule has 1 aromatic rings. The lowest BCUT2D eigenvalue weighted by Crippen LogP contribution is -2.53. The molecule has 2 rings (SSSR count). The van der Waals surface area contributed by atoms with Gasteiger partial charge in [-0.3, -0.25) is 4.79 Å². The number of hydrogen-bond acceptors (Lipinski definition) is 3. The van der Waals surface area contributed by atoms with Gasteiger partial charge in [0.05, 0.1) is 0 Å². The molecule has 0 saturated carbocycles. The molecular formula is C16H25N3O3S. The average molecular weight is 339 g/mol. The third kappa shape index (κ3) is 4.10. The van der Waals surface area contributed by atoms with Gasteiger partial charge < -0.3 is 4.90 Å². The van der Waals surface area contributed by atoms with Gasteiger partial charge in [-0.1, -0.05) is 25.5 Å². The molecule has 0 unspecified atom stereocenters. The Morgan fingerprint density at radius 3 is 2.13 bits per heavy atom. The molecule has 1 aliphatic rings. The molecule has 7 heteroatoms.